The van der Waals surface area contributed by atoms with E-state index in [4.69, 9.17) is 4.74 Å². The number of pyridine rings is 1. The second kappa shape index (κ2) is 12.9. The molecule has 10 nitrogen and oxygen atoms in total. The number of ether oxygens (including phenoxy) is 1. The number of benzene rings is 2. The highest BCUT2D eigenvalue weighted by atomic mass is 19.1. The van der Waals surface area contributed by atoms with E-state index in [-0.39, 0.29) is 22.9 Å². The van der Waals surface area contributed by atoms with E-state index in [1.807, 2.05) is 6.92 Å². The molecule has 0 fully saturated rings. The summed E-state index contributed by atoms with van der Waals surface area (Å²) in [6, 6.07) is 10.1. The number of rotatable bonds is 12. The second-order valence-electron chi connectivity index (χ2n) is 10.2. The van der Waals surface area contributed by atoms with Gasteiger partial charge in [-0.15, -0.1) is 0 Å². The normalized spacial score (nSPS) is 12.1. The Morgan fingerprint density at radius 3 is 2.68 bits per heavy atom. The van der Waals surface area contributed by atoms with Crippen molar-refractivity contribution in [2.24, 2.45) is 5.92 Å². The summed E-state index contributed by atoms with van der Waals surface area (Å²) in [5.74, 6) is -2.50. The van der Waals surface area contributed by atoms with Gasteiger partial charge in [0.25, 0.3) is 0 Å². The number of unbranched alkanes of at least 4 members (excludes halogenated alkanes) is 1. The highest BCUT2D eigenvalue weighted by molar-refractivity contribution is 6.12. The number of hydrogen-bond acceptors (Lipinski definition) is 7. The van der Waals surface area contributed by atoms with Crippen LogP contribution in [0.25, 0.3) is 22.8 Å². The van der Waals surface area contributed by atoms with Gasteiger partial charge in [-0.25, -0.2) is 23.2 Å². The number of nitrogens with zero attached hydrogens (tertiary/aromatic N) is 4. The van der Waals surface area contributed by atoms with Gasteiger partial charge in [0.2, 0.25) is 18.2 Å². The number of nitrogens with one attached hydrogen (secondary N) is 2. The summed E-state index contributed by atoms with van der Waals surface area (Å²) in [6.07, 6.45) is 8.21. The maximum absolute atomic E-state index is 15.2. The topological polar surface area (TPSA) is 122 Å². The van der Waals surface area contributed by atoms with Gasteiger partial charge in [0.15, 0.2) is 17.3 Å². The zero-order chi connectivity index (χ0) is 31.4. The molecule has 2 amide bonds. The summed E-state index contributed by atoms with van der Waals surface area (Å²) in [5.41, 5.74) is 2.33. The number of H-pyrrole nitrogens is 1. The molecule has 0 saturated heterocycles. The Bertz CT molecular complexity index is 1900. The number of carbonyl (C=O) groups is 3. The van der Waals surface area contributed by atoms with Crippen molar-refractivity contribution in [1.82, 2.24) is 19.6 Å². The van der Waals surface area contributed by atoms with Crippen molar-refractivity contribution in [3.05, 3.63) is 83.7 Å². The molecule has 44 heavy (non-hydrogen) atoms. The molecule has 3 aromatic heterocycles. The molecule has 0 bridgehead atoms. The third-order valence-electron chi connectivity index (χ3n) is 7.24. The van der Waals surface area contributed by atoms with E-state index in [9.17, 15) is 18.8 Å². The van der Waals surface area contributed by atoms with Crippen LogP contribution in [0.1, 0.15) is 49.0 Å². The van der Waals surface area contributed by atoms with E-state index in [1.54, 1.807) is 32.2 Å². The molecule has 0 aliphatic heterocycles. The molecule has 226 valence electrons. The Morgan fingerprint density at radius 1 is 1.16 bits per heavy atom. The third kappa shape index (κ3) is 5.91. The van der Waals surface area contributed by atoms with Crippen molar-refractivity contribution < 1.29 is 27.9 Å². The molecular formula is C32H30F2N6O4. The Kier molecular flexibility index (Phi) is 8.79. The lowest BCUT2D eigenvalue weighted by atomic mass is 10.0. The number of anilines is 2. The van der Waals surface area contributed by atoms with Gasteiger partial charge in [-0.05, 0) is 42.8 Å². The zero-order valence-electron chi connectivity index (χ0n) is 24.3. The monoisotopic (exact) mass is 600 g/mol. The zero-order valence-corrected chi connectivity index (χ0v) is 24.3. The van der Waals surface area contributed by atoms with Crippen LogP contribution in [0.5, 0.6) is 11.6 Å². The Balaban J connectivity index is 1.39. The molecule has 0 saturated carbocycles. The first kappa shape index (κ1) is 30.1. The fourth-order valence-corrected chi connectivity index (χ4v) is 4.82. The van der Waals surface area contributed by atoms with E-state index in [0.29, 0.717) is 40.8 Å². The smallest absolute Gasteiger partial charge is 0.236 e. The lowest BCUT2D eigenvalue weighted by molar-refractivity contribution is -0.124. The molecule has 1 atom stereocenters. The summed E-state index contributed by atoms with van der Waals surface area (Å²) < 4.78 is 36.3. The number of aromatic amines is 1. The lowest BCUT2D eigenvalue weighted by Gasteiger charge is -2.21. The lowest BCUT2D eigenvalue weighted by Crippen LogP contribution is -2.34. The predicted molar refractivity (Wildman–Crippen MR) is 163 cm³/mol. The van der Waals surface area contributed by atoms with Gasteiger partial charge in [0.05, 0.1) is 29.2 Å². The molecule has 5 rings (SSSR count). The average Bonchev–Trinajstić information content (AvgIpc) is 3.60. The van der Waals surface area contributed by atoms with E-state index in [1.165, 1.54) is 47.3 Å². The quantitative estimate of drug-likeness (QED) is 0.0948. The van der Waals surface area contributed by atoms with Gasteiger partial charge < -0.3 is 15.0 Å². The Morgan fingerprint density at radius 2 is 1.95 bits per heavy atom. The van der Waals surface area contributed by atoms with E-state index < -0.39 is 29.2 Å². The number of fused-ring (bicyclic) bond motifs is 3. The average molecular weight is 601 g/mol. The van der Waals surface area contributed by atoms with Gasteiger partial charge in [-0.2, -0.15) is 5.10 Å². The van der Waals surface area contributed by atoms with Crippen LogP contribution in [-0.2, 0) is 9.59 Å². The van der Waals surface area contributed by atoms with Crippen molar-refractivity contribution in [3.8, 4) is 11.6 Å². The first-order valence-electron chi connectivity index (χ1n) is 14.1. The Labute approximate surface area is 251 Å². The van der Waals surface area contributed by atoms with Crippen molar-refractivity contribution in [1.29, 1.82) is 0 Å². The van der Waals surface area contributed by atoms with Gasteiger partial charge in [-0.3, -0.25) is 14.4 Å². The van der Waals surface area contributed by atoms with Gasteiger partial charge >= 0.3 is 0 Å². The van der Waals surface area contributed by atoms with Gasteiger partial charge in [0.1, 0.15) is 17.0 Å². The number of aromatic nitrogens is 4. The van der Waals surface area contributed by atoms with Crippen molar-refractivity contribution in [3.63, 3.8) is 0 Å². The van der Waals surface area contributed by atoms with Crippen LogP contribution in [0.2, 0.25) is 0 Å². The maximum atomic E-state index is 15.2. The first-order chi connectivity index (χ1) is 21.2. The fraction of sp³-hybridized carbons (Fsp3) is 0.219. The summed E-state index contributed by atoms with van der Waals surface area (Å²) in [5, 5.41) is 7.22. The molecule has 1 unspecified atom stereocenters. The van der Waals surface area contributed by atoms with E-state index in [2.05, 4.69) is 20.4 Å². The molecular weight excluding hydrogens is 570 g/mol. The minimum Gasteiger partial charge on any atom is -0.436 e. The summed E-state index contributed by atoms with van der Waals surface area (Å²) in [6.45, 7) is 3.71. The molecule has 0 aliphatic rings. The molecule has 5 aromatic rings. The summed E-state index contributed by atoms with van der Waals surface area (Å²) >= 11 is 0. The number of para-hydroxylation sites is 1. The molecule has 12 heteroatoms. The molecule has 0 spiro atoms. The van der Waals surface area contributed by atoms with Crippen LogP contribution in [0.15, 0.2) is 60.9 Å². The number of carbonyl (C=O) groups excluding carboxylic acids is 3. The van der Waals surface area contributed by atoms with Gasteiger partial charge in [-0.1, -0.05) is 38.8 Å². The minimum absolute atomic E-state index is 0.0223. The van der Waals surface area contributed by atoms with Crippen LogP contribution < -0.4 is 15.0 Å². The largest absolute Gasteiger partial charge is 0.436 e. The highest BCUT2D eigenvalue weighted by Gasteiger charge is 2.25. The molecule has 2 N–H and O–H groups in total. The number of hydrogen-bond donors (Lipinski definition) is 2. The van der Waals surface area contributed by atoms with Crippen molar-refractivity contribution >= 4 is 52.2 Å². The standard InChI is InChI=1S/C32H30F2N6O4/c1-4-5-8-19(2)32(43)39(18-41)26-14-24(35-3)20(13-23(26)34)11-12-28(42)21-16-37-40-27-17-36-30(15-25(27)38-31(21)40)44-29-10-7-6-9-22(29)33/h6-7,9-19,35,38H,4-5,8H2,1-3H3/b12-11+. The predicted octanol–water partition coefficient (Wildman–Crippen LogP) is 6.53. The number of allylic oxidation sites excluding steroid dienone is 1. The number of ketones is 1. The van der Waals surface area contributed by atoms with Gasteiger partial charge in [0, 0.05) is 30.3 Å². The van der Waals surface area contributed by atoms with Crippen molar-refractivity contribution in [2.75, 3.05) is 17.3 Å². The molecule has 2 aromatic carbocycles. The van der Waals surface area contributed by atoms with Crippen LogP contribution in [0.4, 0.5) is 20.2 Å². The van der Waals surface area contributed by atoms with Crippen LogP contribution in [-0.4, -0.2) is 44.7 Å². The van der Waals surface area contributed by atoms with Crippen LogP contribution in [0.3, 0.4) is 0 Å². The van der Waals surface area contributed by atoms with Crippen LogP contribution in [0, 0.1) is 17.6 Å². The molecule has 0 radical (unpaired) electrons. The minimum atomic E-state index is -0.788. The number of imidazole rings is 1. The second-order valence-corrected chi connectivity index (χ2v) is 10.2. The fourth-order valence-electron chi connectivity index (χ4n) is 4.82. The summed E-state index contributed by atoms with van der Waals surface area (Å²) in [7, 11) is 1.61. The van der Waals surface area contributed by atoms with Crippen molar-refractivity contribution in [2.45, 2.75) is 33.1 Å². The highest BCUT2D eigenvalue weighted by Crippen LogP contribution is 2.30. The van der Waals surface area contributed by atoms with E-state index >= 15 is 4.39 Å². The first-order valence-corrected chi connectivity index (χ1v) is 14.1. The number of imide groups is 1. The summed E-state index contributed by atoms with van der Waals surface area (Å²) in [4.78, 5) is 46.0. The molecule has 3 heterocycles. The molecule has 0 aliphatic carbocycles. The Hall–Kier alpha value is -5.39. The number of halogens is 2. The SMILES string of the molecule is CCCCC(C)C(=O)N(C=O)c1cc(NC)c(/C=C/C(=O)c2cnn3c2[nH]c2cc(Oc4ccccc4F)ncc23)cc1F. The van der Waals surface area contributed by atoms with E-state index in [0.717, 1.165) is 23.8 Å². The van der Waals surface area contributed by atoms with Crippen LogP contribution >= 0.6 is 0 Å². The number of amides is 2. The third-order valence-corrected chi connectivity index (χ3v) is 7.24. The maximum Gasteiger partial charge on any atom is 0.236 e.